The van der Waals surface area contributed by atoms with Crippen molar-refractivity contribution in [2.24, 2.45) is 5.16 Å². The van der Waals surface area contributed by atoms with Gasteiger partial charge in [0.25, 0.3) is 0 Å². The van der Waals surface area contributed by atoms with Gasteiger partial charge in [-0.3, -0.25) is 4.98 Å². The fourth-order valence-corrected chi connectivity index (χ4v) is 3.84. The van der Waals surface area contributed by atoms with E-state index in [1.165, 1.54) is 16.7 Å². The van der Waals surface area contributed by atoms with E-state index >= 15 is 0 Å². The molecular formula is C26H31N3O2. The second-order valence-electron chi connectivity index (χ2n) is 7.85. The summed E-state index contributed by atoms with van der Waals surface area (Å²) in [5, 5.41) is 13.5. The van der Waals surface area contributed by atoms with Gasteiger partial charge in [-0.2, -0.15) is 0 Å². The molecule has 2 aromatic carbocycles. The van der Waals surface area contributed by atoms with Crippen LogP contribution in [0.15, 0.2) is 72.0 Å². The molecule has 0 amide bonds. The van der Waals surface area contributed by atoms with Crippen LogP contribution in [0.4, 0.5) is 5.69 Å². The predicted octanol–water partition coefficient (Wildman–Crippen LogP) is 5.18. The molecule has 0 spiro atoms. The summed E-state index contributed by atoms with van der Waals surface area (Å²) in [6.45, 7) is 5.59. The van der Waals surface area contributed by atoms with E-state index in [1.807, 2.05) is 19.1 Å². The Labute approximate surface area is 185 Å². The van der Waals surface area contributed by atoms with Gasteiger partial charge < -0.3 is 14.8 Å². The predicted molar refractivity (Wildman–Crippen MR) is 127 cm³/mol. The third-order valence-electron chi connectivity index (χ3n) is 5.68. The number of pyridine rings is 1. The summed E-state index contributed by atoms with van der Waals surface area (Å²) in [7, 11) is 3.78. The van der Waals surface area contributed by atoms with Crippen LogP contribution in [0.5, 0.6) is 0 Å². The molecule has 1 unspecified atom stereocenters. The fourth-order valence-electron chi connectivity index (χ4n) is 3.84. The van der Waals surface area contributed by atoms with E-state index in [4.69, 9.17) is 4.74 Å². The van der Waals surface area contributed by atoms with Crippen LogP contribution in [-0.4, -0.2) is 43.2 Å². The van der Waals surface area contributed by atoms with Crippen molar-refractivity contribution in [1.82, 2.24) is 4.98 Å². The highest BCUT2D eigenvalue weighted by atomic mass is 16.5. The van der Waals surface area contributed by atoms with Crippen LogP contribution in [0, 0.1) is 13.8 Å². The summed E-state index contributed by atoms with van der Waals surface area (Å²) in [6.07, 6.45) is 2.34. The molecule has 31 heavy (non-hydrogen) atoms. The second kappa shape index (κ2) is 10.7. The molecule has 1 N–H and O–H groups in total. The summed E-state index contributed by atoms with van der Waals surface area (Å²) in [5.41, 5.74) is 7.22. The Morgan fingerprint density at radius 1 is 1.10 bits per heavy atom. The highest BCUT2D eigenvalue weighted by molar-refractivity contribution is 6.01. The van der Waals surface area contributed by atoms with Crippen molar-refractivity contribution in [3.05, 3.63) is 94.8 Å². The van der Waals surface area contributed by atoms with Gasteiger partial charge in [-0.1, -0.05) is 41.6 Å². The minimum atomic E-state index is 0.0684. The first-order chi connectivity index (χ1) is 15.0. The van der Waals surface area contributed by atoms with Crippen LogP contribution in [0.2, 0.25) is 0 Å². The zero-order valence-electron chi connectivity index (χ0n) is 18.7. The first-order valence-electron chi connectivity index (χ1n) is 10.5. The highest BCUT2D eigenvalue weighted by Crippen LogP contribution is 2.33. The molecule has 3 rings (SSSR count). The maximum atomic E-state index is 9.83. The van der Waals surface area contributed by atoms with Crippen LogP contribution in [0.25, 0.3) is 0 Å². The largest absolute Gasteiger partial charge is 0.411 e. The van der Waals surface area contributed by atoms with Crippen molar-refractivity contribution in [2.75, 3.05) is 32.2 Å². The number of hydrogen-bond acceptors (Lipinski definition) is 5. The average Bonchev–Trinajstić information content (AvgIpc) is 2.79. The molecule has 0 bridgehead atoms. The van der Waals surface area contributed by atoms with Gasteiger partial charge in [0.05, 0.1) is 12.3 Å². The van der Waals surface area contributed by atoms with E-state index < -0.39 is 0 Å². The Morgan fingerprint density at radius 2 is 1.84 bits per heavy atom. The van der Waals surface area contributed by atoms with E-state index in [9.17, 15) is 5.21 Å². The molecule has 0 radical (unpaired) electrons. The summed E-state index contributed by atoms with van der Waals surface area (Å²) >= 11 is 0. The molecule has 0 aliphatic heterocycles. The zero-order chi connectivity index (χ0) is 22.2. The Kier molecular flexibility index (Phi) is 7.79. The lowest BCUT2D eigenvalue weighted by molar-refractivity contribution is 0.206. The van der Waals surface area contributed by atoms with E-state index in [1.54, 1.807) is 13.3 Å². The molecule has 1 aromatic heterocycles. The Balaban J connectivity index is 1.95. The monoisotopic (exact) mass is 417 g/mol. The van der Waals surface area contributed by atoms with Gasteiger partial charge in [-0.15, -0.1) is 0 Å². The number of likely N-dealkylation sites (N-methyl/N-ethyl adjacent to an activating group) is 1. The van der Waals surface area contributed by atoms with Crippen molar-refractivity contribution in [2.45, 2.75) is 26.2 Å². The van der Waals surface area contributed by atoms with Gasteiger partial charge in [0, 0.05) is 56.2 Å². The van der Waals surface area contributed by atoms with E-state index in [2.05, 4.69) is 77.5 Å². The normalized spacial score (nSPS) is 12.6. The number of anilines is 1. The second-order valence-corrected chi connectivity index (χ2v) is 7.85. The lowest BCUT2D eigenvalue weighted by Crippen LogP contribution is -2.22. The van der Waals surface area contributed by atoms with Crippen LogP contribution in [-0.2, 0) is 4.74 Å². The van der Waals surface area contributed by atoms with Crippen LogP contribution in [0.1, 0.15) is 40.3 Å². The molecule has 0 aliphatic rings. The highest BCUT2D eigenvalue weighted by Gasteiger charge is 2.20. The number of oxime groups is 1. The molecule has 1 atom stereocenters. The minimum Gasteiger partial charge on any atom is -0.411 e. The maximum absolute atomic E-state index is 9.83. The van der Waals surface area contributed by atoms with Crippen molar-refractivity contribution in [3.63, 3.8) is 0 Å². The fraction of sp³-hybridized carbons (Fsp3) is 0.308. The van der Waals surface area contributed by atoms with Gasteiger partial charge >= 0.3 is 0 Å². The lowest BCUT2D eigenvalue weighted by Gasteiger charge is -2.23. The van der Waals surface area contributed by atoms with Gasteiger partial charge in [0.2, 0.25) is 0 Å². The molecule has 5 nitrogen and oxygen atoms in total. The third kappa shape index (κ3) is 5.70. The first-order valence-corrected chi connectivity index (χ1v) is 10.5. The summed E-state index contributed by atoms with van der Waals surface area (Å²) in [6, 6.07) is 20.9. The molecule has 0 aliphatic carbocycles. The Bertz CT molecular complexity index is 1020. The number of rotatable bonds is 9. The van der Waals surface area contributed by atoms with E-state index in [0.29, 0.717) is 18.7 Å². The molecular weight excluding hydrogens is 386 g/mol. The molecule has 0 fully saturated rings. The number of hydrogen-bond donors (Lipinski definition) is 1. The van der Waals surface area contributed by atoms with Gasteiger partial charge in [-0.25, -0.2) is 0 Å². The van der Waals surface area contributed by atoms with E-state index in [0.717, 1.165) is 23.5 Å². The Hall–Kier alpha value is -3.18. The van der Waals surface area contributed by atoms with Crippen LogP contribution < -0.4 is 4.90 Å². The first kappa shape index (κ1) is 22.5. The maximum Gasteiger partial charge on any atom is 0.0878 e. The molecule has 0 saturated heterocycles. The Morgan fingerprint density at radius 3 is 2.48 bits per heavy atom. The zero-order valence-corrected chi connectivity index (χ0v) is 18.7. The minimum absolute atomic E-state index is 0.0684. The average molecular weight is 418 g/mol. The summed E-state index contributed by atoms with van der Waals surface area (Å²) in [5.74, 6) is 0.0684. The number of ether oxygens (including phenoxy) is 1. The third-order valence-corrected chi connectivity index (χ3v) is 5.68. The topological polar surface area (TPSA) is 58.0 Å². The van der Waals surface area contributed by atoms with Gasteiger partial charge in [0.1, 0.15) is 0 Å². The molecule has 5 heteroatoms. The van der Waals surface area contributed by atoms with Gasteiger partial charge in [-0.05, 0) is 54.8 Å². The summed E-state index contributed by atoms with van der Waals surface area (Å²) in [4.78, 5) is 6.44. The molecule has 162 valence electrons. The van der Waals surface area contributed by atoms with Crippen molar-refractivity contribution < 1.29 is 9.94 Å². The van der Waals surface area contributed by atoms with Crippen molar-refractivity contribution >= 4 is 11.4 Å². The van der Waals surface area contributed by atoms with Crippen LogP contribution >= 0.6 is 0 Å². The number of methoxy groups -OCH3 is 1. The lowest BCUT2D eigenvalue weighted by atomic mass is 9.83. The SMILES string of the molecule is COCCN(C)c1ccc(C(CC(=NO)c2ccnc(C)c2)c2ccccc2C)cc1. The molecule has 1 heterocycles. The van der Waals surface area contributed by atoms with Crippen molar-refractivity contribution in [1.29, 1.82) is 0 Å². The summed E-state index contributed by atoms with van der Waals surface area (Å²) < 4.78 is 5.19. The standard InChI is InChI=1S/C26H31N3O2/c1-19-7-5-6-8-24(19)25(18-26(28-30)22-13-14-27-20(2)17-22)21-9-11-23(12-10-21)29(3)15-16-31-4/h5-14,17,25,30H,15-16,18H2,1-4H3. The van der Waals surface area contributed by atoms with E-state index in [-0.39, 0.29) is 5.92 Å². The van der Waals surface area contributed by atoms with Crippen LogP contribution in [0.3, 0.4) is 0 Å². The number of nitrogens with zero attached hydrogens (tertiary/aromatic N) is 3. The number of aromatic nitrogens is 1. The number of aryl methyl sites for hydroxylation is 2. The molecule has 3 aromatic rings. The van der Waals surface area contributed by atoms with Crippen molar-refractivity contribution in [3.8, 4) is 0 Å². The van der Waals surface area contributed by atoms with Gasteiger partial charge in [0.15, 0.2) is 0 Å². The smallest absolute Gasteiger partial charge is 0.0878 e. The number of benzene rings is 2. The quantitative estimate of drug-likeness (QED) is 0.296. The molecule has 0 saturated carbocycles.